The van der Waals surface area contributed by atoms with E-state index in [9.17, 15) is 4.79 Å². The Kier molecular flexibility index (Phi) is 3.79. The number of anilines is 1. The van der Waals surface area contributed by atoms with E-state index in [1.807, 2.05) is 24.3 Å². The summed E-state index contributed by atoms with van der Waals surface area (Å²) in [5.74, 6) is 0.927. The fourth-order valence-corrected chi connectivity index (χ4v) is 2.62. The number of nitrogen functional groups attached to an aromatic ring is 1. The number of ether oxygens (including phenoxy) is 1. The van der Waals surface area contributed by atoms with Crippen LogP contribution in [0, 0.1) is 0 Å². The third kappa shape index (κ3) is 2.85. The van der Waals surface area contributed by atoms with Crippen molar-refractivity contribution in [1.82, 2.24) is 9.88 Å². The van der Waals surface area contributed by atoms with Crippen LogP contribution < -0.4 is 10.5 Å². The minimum absolute atomic E-state index is 0.137. The number of para-hydroxylation sites is 1. The number of aromatic nitrogens is 1. The highest BCUT2D eigenvalue weighted by Gasteiger charge is 2.22. The third-order valence-electron chi connectivity index (χ3n) is 3.36. The third-order valence-corrected chi connectivity index (χ3v) is 3.79. The summed E-state index contributed by atoms with van der Waals surface area (Å²) in [6.45, 7) is 1.48. The van der Waals surface area contributed by atoms with E-state index in [0.29, 0.717) is 25.3 Å². The molecule has 2 aromatic rings. The first-order valence-electron chi connectivity index (χ1n) is 6.56. The summed E-state index contributed by atoms with van der Waals surface area (Å²) in [6, 6.07) is 9.43. The van der Waals surface area contributed by atoms with Gasteiger partial charge >= 0.3 is 0 Å². The quantitative estimate of drug-likeness (QED) is 0.860. The highest BCUT2D eigenvalue weighted by Crippen LogP contribution is 2.24. The maximum atomic E-state index is 12.7. The molecule has 1 aliphatic heterocycles. The number of nitrogens with two attached hydrogens (primary N) is 1. The Morgan fingerprint density at radius 3 is 3.05 bits per heavy atom. The van der Waals surface area contributed by atoms with Gasteiger partial charge < -0.3 is 15.4 Å². The zero-order chi connectivity index (χ0) is 14.8. The van der Waals surface area contributed by atoms with Gasteiger partial charge in [0.1, 0.15) is 18.2 Å². The van der Waals surface area contributed by atoms with Crippen molar-refractivity contribution in [2.24, 2.45) is 0 Å². The topological polar surface area (TPSA) is 68.5 Å². The van der Waals surface area contributed by atoms with Gasteiger partial charge in [-0.15, -0.1) is 0 Å². The highest BCUT2D eigenvalue weighted by molar-refractivity contribution is 9.10. The Balaban J connectivity index is 1.90. The summed E-state index contributed by atoms with van der Waals surface area (Å²) >= 11 is 3.32. The molecule has 2 N–H and O–H groups in total. The summed E-state index contributed by atoms with van der Waals surface area (Å²) in [4.78, 5) is 18.4. The maximum Gasteiger partial charge on any atom is 0.258 e. The summed E-state index contributed by atoms with van der Waals surface area (Å²) in [5, 5.41) is 0. The molecule has 1 aliphatic rings. The van der Waals surface area contributed by atoms with E-state index < -0.39 is 0 Å². The first-order chi connectivity index (χ1) is 10.1. The number of amides is 1. The van der Waals surface area contributed by atoms with Crippen LogP contribution in [0.2, 0.25) is 0 Å². The van der Waals surface area contributed by atoms with Crippen molar-refractivity contribution >= 4 is 27.7 Å². The molecule has 1 aromatic heterocycles. The smallest absolute Gasteiger partial charge is 0.258 e. The van der Waals surface area contributed by atoms with Crippen LogP contribution in [-0.4, -0.2) is 28.9 Å². The Morgan fingerprint density at radius 2 is 2.19 bits per heavy atom. The van der Waals surface area contributed by atoms with E-state index in [1.165, 1.54) is 0 Å². The minimum Gasteiger partial charge on any atom is -0.491 e. The van der Waals surface area contributed by atoms with Crippen LogP contribution in [0.1, 0.15) is 15.9 Å². The van der Waals surface area contributed by atoms with E-state index in [4.69, 9.17) is 10.5 Å². The number of fused-ring (bicyclic) bond motifs is 1. The second kappa shape index (κ2) is 5.73. The van der Waals surface area contributed by atoms with Crippen molar-refractivity contribution in [2.75, 3.05) is 18.9 Å². The second-order valence-corrected chi connectivity index (χ2v) is 5.68. The van der Waals surface area contributed by atoms with Gasteiger partial charge in [-0.05, 0) is 28.1 Å². The van der Waals surface area contributed by atoms with Crippen LogP contribution >= 0.6 is 15.9 Å². The number of carbonyl (C=O) groups excluding carboxylic acids is 1. The molecular weight excluding hydrogens is 334 g/mol. The van der Waals surface area contributed by atoms with Gasteiger partial charge in [-0.3, -0.25) is 4.79 Å². The second-order valence-electron chi connectivity index (χ2n) is 4.77. The van der Waals surface area contributed by atoms with Crippen molar-refractivity contribution in [1.29, 1.82) is 0 Å². The molecular formula is C15H14BrN3O2. The van der Waals surface area contributed by atoms with Gasteiger partial charge in [0.25, 0.3) is 5.91 Å². The molecule has 0 spiro atoms. The van der Waals surface area contributed by atoms with Gasteiger partial charge in [-0.2, -0.15) is 0 Å². The minimum atomic E-state index is -0.137. The average molecular weight is 348 g/mol. The number of halogens is 1. The molecule has 2 heterocycles. The molecule has 5 nitrogen and oxygen atoms in total. The van der Waals surface area contributed by atoms with Crippen LogP contribution in [0.5, 0.6) is 5.75 Å². The Labute approximate surface area is 130 Å². The van der Waals surface area contributed by atoms with Crippen molar-refractivity contribution in [2.45, 2.75) is 6.54 Å². The zero-order valence-corrected chi connectivity index (χ0v) is 12.8. The lowest BCUT2D eigenvalue weighted by Crippen LogP contribution is -2.33. The maximum absolute atomic E-state index is 12.7. The molecule has 0 saturated carbocycles. The predicted molar refractivity (Wildman–Crippen MR) is 83.0 cm³/mol. The molecule has 108 valence electrons. The fourth-order valence-electron chi connectivity index (χ4n) is 2.29. The molecule has 3 rings (SSSR count). The highest BCUT2D eigenvalue weighted by atomic mass is 79.9. The summed E-state index contributed by atoms with van der Waals surface area (Å²) < 4.78 is 6.40. The normalized spacial score (nSPS) is 14.0. The Hall–Kier alpha value is -2.08. The number of rotatable bonds is 1. The number of hydrogen-bond donors (Lipinski definition) is 1. The van der Waals surface area contributed by atoms with E-state index in [2.05, 4.69) is 20.9 Å². The summed E-state index contributed by atoms with van der Waals surface area (Å²) in [6.07, 6.45) is 1.58. The van der Waals surface area contributed by atoms with E-state index in [0.717, 1.165) is 15.8 Å². The van der Waals surface area contributed by atoms with Crippen LogP contribution in [-0.2, 0) is 6.54 Å². The van der Waals surface area contributed by atoms with E-state index >= 15 is 0 Å². The van der Waals surface area contributed by atoms with Crippen LogP contribution in [0.25, 0.3) is 0 Å². The van der Waals surface area contributed by atoms with Crippen molar-refractivity contribution in [3.8, 4) is 5.75 Å². The SMILES string of the molecule is Nc1ncc(Br)cc1C(=O)N1CCOc2ccccc2C1. The molecule has 0 fully saturated rings. The number of carbonyl (C=O) groups is 1. The van der Waals surface area contributed by atoms with Gasteiger partial charge in [-0.1, -0.05) is 18.2 Å². The lowest BCUT2D eigenvalue weighted by molar-refractivity contribution is 0.0734. The van der Waals surface area contributed by atoms with Gasteiger partial charge in [0.2, 0.25) is 0 Å². The Bertz CT molecular complexity index is 690. The zero-order valence-electron chi connectivity index (χ0n) is 11.3. The standard InChI is InChI=1S/C15H14BrN3O2/c16-11-7-12(14(17)18-8-11)15(20)19-5-6-21-13-4-2-1-3-10(13)9-19/h1-4,7-8H,5-6,9H2,(H2,17,18). The van der Waals surface area contributed by atoms with Gasteiger partial charge in [0, 0.05) is 22.8 Å². The largest absolute Gasteiger partial charge is 0.491 e. The van der Waals surface area contributed by atoms with Crippen LogP contribution in [0.15, 0.2) is 41.0 Å². The fraction of sp³-hybridized carbons (Fsp3) is 0.200. The number of hydrogen-bond acceptors (Lipinski definition) is 4. The van der Waals surface area contributed by atoms with Gasteiger partial charge in [0.15, 0.2) is 0 Å². The monoisotopic (exact) mass is 347 g/mol. The molecule has 0 bridgehead atoms. The van der Waals surface area contributed by atoms with Crippen molar-refractivity contribution < 1.29 is 9.53 Å². The number of pyridine rings is 1. The Morgan fingerprint density at radius 1 is 1.38 bits per heavy atom. The molecule has 6 heteroatoms. The first kappa shape index (κ1) is 13.9. The predicted octanol–water partition coefficient (Wildman–Crippen LogP) is 2.46. The average Bonchev–Trinajstić information content (AvgIpc) is 2.71. The molecule has 0 aliphatic carbocycles. The summed E-state index contributed by atoms with van der Waals surface area (Å²) in [5.41, 5.74) is 7.22. The lowest BCUT2D eigenvalue weighted by atomic mass is 10.1. The van der Waals surface area contributed by atoms with Crippen molar-refractivity contribution in [3.63, 3.8) is 0 Å². The molecule has 21 heavy (non-hydrogen) atoms. The van der Waals surface area contributed by atoms with Gasteiger partial charge in [-0.25, -0.2) is 4.98 Å². The number of nitrogens with zero attached hydrogens (tertiary/aromatic N) is 2. The molecule has 0 atom stereocenters. The molecule has 1 amide bonds. The van der Waals surface area contributed by atoms with Gasteiger partial charge in [0.05, 0.1) is 12.1 Å². The molecule has 0 radical (unpaired) electrons. The van der Waals surface area contributed by atoms with E-state index in [-0.39, 0.29) is 11.7 Å². The number of benzene rings is 1. The van der Waals surface area contributed by atoms with Crippen LogP contribution in [0.4, 0.5) is 5.82 Å². The molecule has 1 aromatic carbocycles. The van der Waals surface area contributed by atoms with E-state index in [1.54, 1.807) is 17.2 Å². The lowest BCUT2D eigenvalue weighted by Gasteiger charge is -2.20. The molecule has 0 saturated heterocycles. The van der Waals surface area contributed by atoms with Crippen molar-refractivity contribution in [3.05, 3.63) is 52.1 Å². The van der Waals surface area contributed by atoms with Crippen LogP contribution in [0.3, 0.4) is 0 Å². The first-order valence-corrected chi connectivity index (χ1v) is 7.35. The molecule has 0 unspecified atom stereocenters. The summed E-state index contributed by atoms with van der Waals surface area (Å²) in [7, 11) is 0.